The lowest BCUT2D eigenvalue weighted by molar-refractivity contribution is 0.0375. The topological polar surface area (TPSA) is 40.6 Å². The Balaban J connectivity index is 1.75. The van der Waals surface area contributed by atoms with Crippen molar-refractivity contribution in [2.24, 2.45) is 0 Å². The molecule has 2 heterocycles. The van der Waals surface area contributed by atoms with Crippen molar-refractivity contribution in [3.05, 3.63) is 106 Å². The maximum Gasteiger partial charge on any atom is 0.257 e. The van der Waals surface area contributed by atoms with E-state index in [4.69, 9.17) is 11.6 Å². The van der Waals surface area contributed by atoms with Gasteiger partial charge in [0.15, 0.2) is 5.66 Å². The first kappa shape index (κ1) is 17.9. The minimum atomic E-state index is -1.05. The fourth-order valence-corrected chi connectivity index (χ4v) is 4.77. The molecule has 0 N–H and O–H groups in total. The number of hydrogen-bond donors (Lipinski definition) is 0. The summed E-state index contributed by atoms with van der Waals surface area (Å²) >= 11 is 6.20. The molecule has 5 rings (SSSR count). The zero-order valence-electron chi connectivity index (χ0n) is 15.3. The van der Waals surface area contributed by atoms with Crippen LogP contribution in [0, 0.1) is 5.82 Å². The Hall–Kier alpha value is -3.18. The zero-order chi connectivity index (χ0) is 20.2. The lowest BCUT2D eigenvalue weighted by atomic mass is 9.89. The number of halogens is 2. The highest BCUT2D eigenvalue weighted by molar-refractivity contribution is 6.33. The molecule has 0 aromatic heterocycles. The second-order valence-corrected chi connectivity index (χ2v) is 7.53. The Morgan fingerprint density at radius 2 is 1.69 bits per heavy atom. The van der Waals surface area contributed by atoms with Crippen molar-refractivity contribution in [3.63, 3.8) is 0 Å². The van der Waals surface area contributed by atoms with E-state index in [1.165, 1.54) is 12.1 Å². The third-order valence-corrected chi connectivity index (χ3v) is 6.00. The van der Waals surface area contributed by atoms with Crippen LogP contribution in [0.2, 0.25) is 5.02 Å². The van der Waals surface area contributed by atoms with Crippen molar-refractivity contribution < 1.29 is 14.0 Å². The lowest BCUT2D eigenvalue weighted by Crippen LogP contribution is -2.51. The van der Waals surface area contributed by atoms with Crippen LogP contribution in [0.5, 0.6) is 0 Å². The summed E-state index contributed by atoms with van der Waals surface area (Å²) in [6.45, 7) is 0.745. The molecule has 0 aliphatic carbocycles. The van der Waals surface area contributed by atoms with E-state index in [0.29, 0.717) is 18.7 Å². The van der Waals surface area contributed by atoms with Gasteiger partial charge in [-0.3, -0.25) is 9.59 Å². The second kappa shape index (κ2) is 6.42. The van der Waals surface area contributed by atoms with Crippen molar-refractivity contribution in [1.29, 1.82) is 0 Å². The number of benzene rings is 3. The monoisotopic (exact) mass is 406 g/mol. The van der Waals surface area contributed by atoms with Crippen LogP contribution in [0.4, 0.5) is 4.39 Å². The molecule has 2 aliphatic rings. The molecule has 0 saturated carbocycles. The largest absolute Gasteiger partial charge is 0.306 e. The second-order valence-electron chi connectivity index (χ2n) is 7.12. The number of amides is 2. The normalized spacial score (nSPS) is 20.0. The summed E-state index contributed by atoms with van der Waals surface area (Å²) in [6, 6.07) is 20.6. The van der Waals surface area contributed by atoms with Gasteiger partial charge >= 0.3 is 0 Å². The smallest absolute Gasteiger partial charge is 0.257 e. The van der Waals surface area contributed by atoms with Crippen molar-refractivity contribution in [3.8, 4) is 0 Å². The van der Waals surface area contributed by atoms with E-state index >= 15 is 0 Å². The number of nitrogens with zero attached hydrogens (tertiary/aromatic N) is 2. The molecule has 1 unspecified atom stereocenters. The van der Waals surface area contributed by atoms with Crippen LogP contribution < -0.4 is 0 Å². The first-order valence-corrected chi connectivity index (χ1v) is 9.67. The SMILES string of the molecule is O=C(c1ccc(F)cc1Cl)N1CCN2C(=O)c3ccccc3C12c1ccccc1. The van der Waals surface area contributed by atoms with Gasteiger partial charge in [-0.1, -0.05) is 60.1 Å². The zero-order valence-corrected chi connectivity index (χ0v) is 16.1. The van der Waals surface area contributed by atoms with Crippen molar-refractivity contribution in [2.75, 3.05) is 13.1 Å². The van der Waals surface area contributed by atoms with Crippen molar-refractivity contribution >= 4 is 23.4 Å². The number of rotatable bonds is 2. The molecule has 0 spiro atoms. The highest BCUT2D eigenvalue weighted by atomic mass is 35.5. The van der Waals surface area contributed by atoms with E-state index in [0.717, 1.165) is 17.2 Å². The molecule has 4 nitrogen and oxygen atoms in total. The molecule has 144 valence electrons. The van der Waals surface area contributed by atoms with Gasteiger partial charge in [0.1, 0.15) is 5.82 Å². The van der Waals surface area contributed by atoms with Crippen LogP contribution in [0.25, 0.3) is 0 Å². The molecule has 6 heteroatoms. The van der Waals surface area contributed by atoms with Gasteiger partial charge in [-0.25, -0.2) is 4.39 Å². The Morgan fingerprint density at radius 3 is 2.45 bits per heavy atom. The van der Waals surface area contributed by atoms with Crippen LogP contribution in [0.3, 0.4) is 0 Å². The molecule has 3 aromatic rings. The molecule has 1 atom stereocenters. The van der Waals surface area contributed by atoms with Crippen molar-refractivity contribution in [1.82, 2.24) is 9.80 Å². The van der Waals surface area contributed by atoms with Gasteiger partial charge in [-0.2, -0.15) is 0 Å². The summed E-state index contributed by atoms with van der Waals surface area (Å²) in [5.41, 5.74) is 1.33. The Bertz CT molecular complexity index is 1150. The van der Waals surface area contributed by atoms with Crippen LogP contribution in [0.1, 0.15) is 31.8 Å². The summed E-state index contributed by atoms with van der Waals surface area (Å²) in [5, 5.41) is 0.0503. The van der Waals surface area contributed by atoms with Gasteiger partial charge < -0.3 is 9.80 Å². The molecule has 29 heavy (non-hydrogen) atoms. The van der Waals surface area contributed by atoms with E-state index < -0.39 is 11.5 Å². The predicted octanol–water partition coefficient (Wildman–Crippen LogP) is 4.29. The van der Waals surface area contributed by atoms with Gasteiger partial charge in [0.25, 0.3) is 11.8 Å². The summed E-state index contributed by atoms with van der Waals surface area (Å²) in [4.78, 5) is 30.2. The van der Waals surface area contributed by atoms with Gasteiger partial charge in [0, 0.05) is 29.8 Å². The molecule has 1 fully saturated rings. The number of carbonyl (C=O) groups excluding carboxylic acids is 2. The third kappa shape index (κ3) is 2.37. The Labute approximate surface area is 172 Å². The Kier molecular flexibility index (Phi) is 3.96. The summed E-state index contributed by atoms with van der Waals surface area (Å²) in [7, 11) is 0. The molecule has 0 radical (unpaired) electrons. The summed E-state index contributed by atoms with van der Waals surface area (Å²) < 4.78 is 13.5. The quantitative estimate of drug-likeness (QED) is 0.637. The molecule has 2 amide bonds. The average molecular weight is 407 g/mol. The number of carbonyl (C=O) groups is 2. The average Bonchev–Trinajstić information content (AvgIpc) is 3.24. The molecule has 0 bridgehead atoms. The van der Waals surface area contributed by atoms with Gasteiger partial charge in [0.2, 0.25) is 0 Å². The molecule has 3 aromatic carbocycles. The van der Waals surface area contributed by atoms with Crippen LogP contribution >= 0.6 is 11.6 Å². The molecule has 1 saturated heterocycles. The molecular formula is C23H16ClFN2O2. The van der Waals surface area contributed by atoms with E-state index in [9.17, 15) is 14.0 Å². The minimum Gasteiger partial charge on any atom is -0.306 e. The van der Waals surface area contributed by atoms with Gasteiger partial charge in [-0.05, 0) is 24.3 Å². The number of fused-ring (bicyclic) bond motifs is 3. The van der Waals surface area contributed by atoms with Crippen LogP contribution in [-0.2, 0) is 5.66 Å². The third-order valence-electron chi connectivity index (χ3n) is 5.69. The highest BCUT2D eigenvalue weighted by Crippen LogP contribution is 2.50. The van der Waals surface area contributed by atoms with Gasteiger partial charge in [-0.15, -0.1) is 0 Å². The van der Waals surface area contributed by atoms with E-state index in [2.05, 4.69) is 0 Å². The first-order chi connectivity index (χ1) is 14.0. The summed E-state index contributed by atoms with van der Waals surface area (Å²) in [5.74, 6) is -0.954. The predicted molar refractivity (Wildman–Crippen MR) is 107 cm³/mol. The minimum absolute atomic E-state index is 0.0503. The summed E-state index contributed by atoms with van der Waals surface area (Å²) in [6.07, 6.45) is 0. The first-order valence-electron chi connectivity index (χ1n) is 9.29. The van der Waals surface area contributed by atoms with Crippen molar-refractivity contribution in [2.45, 2.75) is 5.66 Å². The maximum atomic E-state index is 13.6. The van der Waals surface area contributed by atoms with Gasteiger partial charge in [0.05, 0.1) is 10.6 Å². The highest BCUT2D eigenvalue weighted by Gasteiger charge is 2.59. The fraction of sp³-hybridized carbons (Fsp3) is 0.130. The maximum absolute atomic E-state index is 13.6. The van der Waals surface area contributed by atoms with E-state index in [1.54, 1.807) is 15.9 Å². The number of hydrogen-bond acceptors (Lipinski definition) is 2. The van der Waals surface area contributed by atoms with E-state index in [-0.39, 0.29) is 22.4 Å². The lowest BCUT2D eigenvalue weighted by Gasteiger charge is -2.40. The standard InChI is InChI=1S/C23H16ClFN2O2/c24-20-14-16(25)10-11-18(20)22(29)27-13-12-26-21(28)17-8-4-5-9-19(17)23(26,27)15-6-2-1-3-7-15/h1-11,14H,12-13H2. The van der Waals surface area contributed by atoms with E-state index in [1.807, 2.05) is 48.5 Å². The van der Waals surface area contributed by atoms with Crippen LogP contribution in [-0.4, -0.2) is 34.7 Å². The molecule has 2 aliphatic heterocycles. The fourth-order valence-electron chi connectivity index (χ4n) is 4.52. The molecular weight excluding hydrogens is 391 g/mol. The van der Waals surface area contributed by atoms with Crippen LogP contribution in [0.15, 0.2) is 72.8 Å². The Morgan fingerprint density at radius 1 is 0.966 bits per heavy atom.